The highest BCUT2D eigenvalue weighted by Crippen LogP contribution is 2.15. The zero-order chi connectivity index (χ0) is 10.1. The van der Waals surface area contributed by atoms with Crippen LogP contribution in [0.4, 0.5) is 0 Å². The van der Waals surface area contributed by atoms with E-state index in [-0.39, 0.29) is 11.5 Å². The maximum Gasteiger partial charge on any atom is 0.333 e. The topological polar surface area (TPSA) is 60.4 Å². The molecule has 0 spiro atoms. The first-order valence-electron chi connectivity index (χ1n) is 3.97. The second-order valence-electron chi connectivity index (χ2n) is 3.21. The van der Waals surface area contributed by atoms with E-state index in [0.29, 0.717) is 12.0 Å². The molecule has 0 radical (unpaired) electrons. The minimum Gasteiger partial charge on any atom is -0.458 e. The molecule has 1 heterocycles. The predicted octanol–water partition coefficient (Wildman–Crippen LogP) is 0.293. The van der Waals surface area contributed by atoms with Crippen LogP contribution in [0.1, 0.15) is 13.3 Å². The molecule has 0 saturated carbocycles. The van der Waals surface area contributed by atoms with Crippen molar-refractivity contribution >= 4 is 15.8 Å². The van der Waals surface area contributed by atoms with Crippen LogP contribution in [0.15, 0.2) is 12.2 Å². The van der Waals surface area contributed by atoms with Gasteiger partial charge in [0.15, 0.2) is 9.84 Å². The van der Waals surface area contributed by atoms with Crippen LogP contribution in [0, 0.1) is 0 Å². The Morgan fingerprint density at radius 3 is 2.54 bits per heavy atom. The summed E-state index contributed by atoms with van der Waals surface area (Å²) >= 11 is 0. The van der Waals surface area contributed by atoms with E-state index in [1.165, 1.54) is 6.92 Å². The molecule has 0 aromatic heterocycles. The van der Waals surface area contributed by atoms with Gasteiger partial charge in [-0.1, -0.05) is 6.58 Å². The van der Waals surface area contributed by atoms with Gasteiger partial charge in [0, 0.05) is 5.57 Å². The van der Waals surface area contributed by atoms with Gasteiger partial charge in [0.25, 0.3) is 0 Å². The largest absolute Gasteiger partial charge is 0.458 e. The molecule has 74 valence electrons. The summed E-state index contributed by atoms with van der Waals surface area (Å²) in [5.74, 6) is -0.449. The molecule has 1 rings (SSSR count). The second kappa shape index (κ2) is 3.49. The van der Waals surface area contributed by atoms with Crippen molar-refractivity contribution in [1.29, 1.82) is 0 Å². The van der Waals surface area contributed by atoms with E-state index in [9.17, 15) is 13.2 Å². The van der Waals surface area contributed by atoms with E-state index < -0.39 is 21.9 Å². The van der Waals surface area contributed by atoms with Gasteiger partial charge in [0.2, 0.25) is 0 Å². The standard InChI is InChI=1S/C8H12O4S/c1-6(2)8(9)12-7-3-4-13(10,11)5-7/h7H,1,3-5H2,2H3. The Bertz CT molecular complexity index is 328. The van der Waals surface area contributed by atoms with Crippen LogP contribution in [-0.4, -0.2) is 32.0 Å². The summed E-state index contributed by atoms with van der Waals surface area (Å²) < 4.78 is 26.8. The number of esters is 1. The maximum absolute atomic E-state index is 11.0. The Balaban J connectivity index is 2.50. The van der Waals surface area contributed by atoms with Crippen LogP contribution >= 0.6 is 0 Å². The lowest BCUT2D eigenvalue weighted by Crippen LogP contribution is -2.19. The van der Waals surface area contributed by atoms with E-state index in [1.54, 1.807) is 0 Å². The molecule has 0 aromatic rings. The summed E-state index contributed by atoms with van der Waals surface area (Å²) in [7, 11) is -2.97. The molecule has 0 aromatic carbocycles. The summed E-state index contributed by atoms with van der Waals surface area (Å²) in [4.78, 5) is 11.0. The van der Waals surface area contributed by atoms with Crippen molar-refractivity contribution in [3.05, 3.63) is 12.2 Å². The maximum atomic E-state index is 11.0. The third-order valence-corrected chi connectivity index (χ3v) is 3.55. The lowest BCUT2D eigenvalue weighted by atomic mass is 10.3. The molecule has 0 amide bonds. The number of sulfone groups is 1. The van der Waals surface area contributed by atoms with Crippen LogP contribution in [-0.2, 0) is 19.4 Å². The highest BCUT2D eigenvalue weighted by molar-refractivity contribution is 7.91. The monoisotopic (exact) mass is 204 g/mol. The fourth-order valence-electron chi connectivity index (χ4n) is 1.11. The van der Waals surface area contributed by atoms with Crippen LogP contribution < -0.4 is 0 Å². The predicted molar refractivity (Wildman–Crippen MR) is 48.0 cm³/mol. The third kappa shape index (κ3) is 2.84. The minimum atomic E-state index is -2.97. The molecule has 0 N–H and O–H groups in total. The van der Waals surface area contributed by atoms with Crippen molar-refractivity contribution in [3.8, 4) is 0 Å². The zero-order valence-electron chi connectivity index (χ0n) is 7.45. The summed E-state index contributed by atoms with van der Waals surface area (Å²) in [6.45, 7) is 4.94. The SMILES string of the molecule is C=C(C)C(=O)OC1CCS(=O)(=O)C1. The lowest BCUT2D eigenvalue weighted by Gasteiger charge is -2.09. The molecular weight excluding hydrogens is 192 g/mol. The summed E-state index contributed by atoms with van der Waals surface area (Å²) in [5.41, 5.74) is 0.296. The van der Waals surface area contributed by atoms with Crippen LogP contribution in [0.2, 0.25) is 0 Å². The summed E-state index contributed by atoms with van der Waals surface area (Å²) in [6, 6.07) is 0. The number of hydrogen-bond donors (Lipinski definition) is 0. The van der Waals surface area contributed by atoms with E-state index in [4.69, 9.17) is 4.74 Å². The molecule has 4 nitrogen and oxygen atoms in total. The van der Waals surface area contributed by atoms with Gasteiger partial charge in [-0.3, -0.25) is 0 Å². The summed E-state index contributed by atoms with van der Waals surface area (Å²) in [5, 5.41) is 0. The molecule has 13 heavy (non-hydrogen) atoms. The molecule has 1 aliphatic rings. The second-order valence-corrected chi connectivity index (χ2v) is 5.44. The van der Waals surface area contributed by atoms with Gasteiger partial charge < -0.3 is 4.74 Å². The molecule has 1 atom stereocenters. The van der Waals surface area contributed by atoms with E-state index in [0.717, 1.165) is 0 Å². The zero-order valence-corrected chi connectivity index (χ0v) is 8.26. The van der Waals surface area contributed by atoms with Gasteiger partial charge in [-0.05, 0) is 13.3 Å². The first-order chi connectivity index (χ1) is 5.91. The fourth-order valence-corrected chi connectivity index (χ4v) is 2.70. The molecule has 5 heteroatoms. The van der Waals surface area contributed by atoms with Crippen molar-refractivity contribution in [1.82, 2.24) is 0 Å². The number of carbonyl (C=O) groups is 1. The highest BCUT2D eigenvalue weighted by atomic mass is 32.2. The Kier molecular flexibility index (Phi) is 2.75. The highest BCUT2D eigenvalue weighted by Gasteiger charge is 2.30. The number of carbonyl (C=O) groups excluding carboxylic acids is 1. The molecule has 1 aliphatic heterocycles. The van der Waals surface area contributed by atoms with Gasteiger partial charge in [0.1, 0.15) is 6.10 Å². The summed E-state index contributed by atoms with van der Waals surface area (Å²) in [6.07, 6.45) is -0.0735. The number of hydrogen-bond acceptors (Lipinski definition) is 4. The molecule has 1 unspecified atom stereocenters. The van der Waals surface area contributed by atoms with Crippen LogP contribution in [0.5, 0.6) is 0 Å². The van der Waals surface area contributed by atoms with Crippen molar-refractivity contribution in [2.75, 3.05) is 11.5 Å². The average Bonchev–Trinajstić information content (AvgIpc) is 2.30. The van der Waals surface area contributed by atoms with Crippen molar-refractivity contribution in [2.45, 2.75) is 19.4 Å². The van der Waals surface area contributed by atoms with E-state index in [1.807, 2.05) is 0 Å². The smallest absolute Gasteiger partial charge is 0.333 e. The van der Waals surface area contributed by atoms with E-state index >= 15 is 0 Å². The Morgan fingerprint density at radius 2 is 2.15 bits per heavy atom. The first kappa shape index (κ1) is 10.2. The first-order valence-corrected chi connectivity index (χ1v) is 5.80. The lowest BCUT2D eigenvalue weighted by molar-refractivity contribution is -0.142. The van der Waals surface area contributed by atoms with Gasteiger partial charge in [-0.25, -0.2) is 13.2 Å². The van der Waals surface area contributed by atoms with Gasteiger partial charge in [0.05, 0.1) is 11.5 Å². The fraction of sp³-hybridized carbons (Fsp3) is 0.625. The molecule has 0 bridgehead atoms. The Morgan fingerprint density at radius 1 is 1.54 bits per heavy atom. The number of rotatable bonds is 2. The van der Waals surface area contributed by atoms with Gasteiger partial charge in [-0.15, -0.1) is 0 Å². The molecule has 0 aliphatic carbocycles. The number of ether oxygens (including phenoxy) is 1. The Labute approximate surface area is 77.5 Å². The minimum absolute atomic E-state index is 0.0496. The van der Waals surface area contributed by atoms with Gasteiger partial charge in [-0.2, -0.15) is 0 Å². The average molecular weight is 204 g/mol. The van der Waals surface area contributed by atoms with Crippen molar-refractivity contribution < 1.29 is 17.9 Å². The third-order valence-electron chi connectivity index (χ3n) is 1.81. The quantitative estimate of drug-likeness (QED) is 0.479. The normalized spacial score (nSPS) is 25.5. The molecule has 1 saturated heterocycles. The van der Waals surface area contributed by atoms with Gasteiger partial charge >= 0.3 is 5.97 Å². The molecule has 1 fully saturated rings. The van der Waals surface area contributed by atoms with Crippen LogP contribution in [0.25, 0.3) is 0 Å². The van der Waals surface area contributed by atoms with Crippen molar-refractivity contribution in [2.24, 2.45) is 0 Å². The van der Waals surface area contributed by atoms with Crippen molar-refractivity contribution in [3.63, 3.8) is 0 Å². The molecular formula is C8H12O4S. The van der Waals surface area contributed by atoms with Crippen LogP contribution in [0.3, 0.4) is 0 Å². The van der Waals surface area contributed by atoms with E-state index in [2.05, 4.69) is 6.58 Å². The Hall–Kier alpha value is -0.840.